The standard InChI is InChI=1S/C14H20FN3O/c1-10-3-4-12(15)7-13(10)17-14(19)9-18-6-5-16-8-11(18)2/h3-4,7,11,16H,5-6,8-9H2,1-2H3,(H,17,19)/t11-/m1/s1. The molecular formula is C14H20FN3O. The molecule has 0 aromatic heterocycles. The predicted octanol–water partition coefficient (Wildman–Crippen LogP) is 1.37. The van der Waals surface area contributed by atoms with E-state index in [-0.39, 0.29) is 11.7 Å². The quantitative estimate of drug-likeness (QED) is 0.867. The number of carbonyl (C=O) groups excluding carboxylic acids is 1. The van der Waals surface area contributed by atoms with E-state index in [9.17, 15) is 9.18 Å². The van der Waals surface area contributed by atoms with Gasteiger partial charge in [-0.2, -0.15) is 0 Å². The van der Waals surface area contributed by atoms with Crippen LogP contribution in [-0.2, 0) is 4.79 Å². The molecular weight excluding hydrogens is 245 g/mol. The monoisotopic (exact) mass is 265 g/mol. The van der Waals surface area contributed by atoms with Crippen LogP contribution >= 0.6 is 0 Å². The molecule has 104 valence electrons. The summed E-state index contributed by atoms with van der Waals surface area (Å²) < 4.78 is 13.1. The lowest BCUT2D eigenvalue weighted by Crippen LogP contribution is -2.52. The molecule has 0 saturated carbocycles. The van der Waals surface area contributed by atoms with Crippen molar-refractivity contribution in [1.82, 2.24) is 10.2 Å². The number of halogens is 1. The number of amides is 1. The molecule has 1 fully saturated rings. The molecule has 0 bridgehead atoms. The first kappa shape index (κ1) is 14.0. The molecule has 4 nitrogen and oxygen atoms in total. The highest BCUT2D eigenvalue weighted by atomic mass is 19.1. The third-order valence-corrected chi connectivity index (χ3v) is 3.46. The fourth-order valence-electron chi connectivity index (χ4n) is 2.22. The van der Waals surface area contributed by atoms with Crippen LogP contribution in [0.3, 0.4) is 0 Å². The lowest BCUT2D eigenvalue weighted by atomic mass is 10.2. The van der Waals surface area contributed by atoms with Crippen LogP contribution in [0.2, 0.25) is 0 Å². The van der Waals surface area contributed by atoms with E-state index in [1.165, 1.54) is 12.1 Å². The summed E-state index contributed by atoms with van der Waals surface area (Å²) in [6.45, 7) is 6.94. The third kappa shape index (κ3) is 3.75. The molecule has 1 aliphatic rings. The van der Waals surface area contributed by atoms with Crippen molar-refractivity contribution in [1.29, 1.82) is 0 Å². The summed E-state index contributed by atoms with van der Waals surface area (Å²) in [5, 5.41) is 6.06. The zero-order chi connectivity index (χ0) is 13.8. The smallest absolute Gasteiger partial charge is 0.238 e. The lowest BCUT2D eigenvalue weighted by molar-refractivity contribution is -0.118. The number of nitrogens with zero attached hydrogens (tertiary/aromatic N) is 1. The van der Waals surface area contributed by atoms with Crippen molar-refractivity contribution in [2.45, 2.75) is 19.9 Å². The number of aryl methyl sites for hydroxylation is 1. The average Bonchev–Trinajstić information content (AvgIpc) is 2.37. The Labute approximate surface area is 113 Å². The van der Waals surface area contributed by atoms with E-state index in [0.717, 1.165) is 25.2 Å². The van der Waals surface area contributed by atoms with E-state index in [4.69, 9.17) is 0 Å². The average molecular weight is 265 g/mol. The van der Waals surface area contributed by atoms with Crippen LogP contribution in [0.4, 0.5) is 10.1 Å². The van der Waals surface area contributed by atoms with Crippen LogP contribution in [0.25, 0.3) is 0 Å². The van der Waals surface area contributed by atoms with Gasteiger partial charge in [-0.25, -0.2) is 4.39 Å². The summed E-state index contributed by atoms with van der Waals surface area (Å²) in [4.78, 5) is 14.1. The van der Waals surface area contributed by atoms with E-state index in [2.05, 4.69) is 22.5 Å². The molecule has 0 unspecified atom stereocenters. The van der Waals surface area contributed by atoms with Crippen LogP contribution in [0, 0.1) is 12.7 Å². The van der Waals surface area contributed by atoms with E-state index in [1.807, 2.05) is 6.92 Å². The fourth-order valence-corrected chi connectivity index (χ4v) is 2.22. The van der Waals surface area contributed by atoms with Gasteiger partial charge in [0.15, 0.2) is 0 Å². The van der Waals surface area contributed by atoms with Crippen LogP contribution in [-0.4, -0.2) is 43.0 Å². The molecule has 5 heteroatoms. The van der Waals surface area contributed by atoms with Crippen LogP contribution in [0.15, 0.2) is 18.2 Å². The third-order valence-electron chi connectivity index (χ3n) is 3.46. The minimum atomic E-state index is -0.337. The topological polar surface area (TPSA) is 44.4 Å². The Balaban J connectivity index is 1.95. The van der Waals surface area contributed by atoms with E-state index in [1.54, 1.807) is 6.07 Å². The molecule has 1 aromatic carbocycles. The van der Waals surface area contributed by atoms with E-state index >= 15 is 0 Å². The maximum absolute atomic E-state index is 13.1. The van der Waals surface area contributed by atoms with Gasteiger partial charge >= 0.3 is 0 Å². The Morgan fingerprint density at radius 3 is 3.11 bits per heavy atom. The Morgan fingerprint density at radius 1 is 1.58 bits per heavy atom. The van der Waals surface area contributed by atoms with Crippen molar-refractivity contribution in [2.75, 3.05) is 31.5 Å². The molecule has 1 heterocycles. The van der Waals surface area contributed by atoms with Crippen molar-refractivity contribution < 1.29 is 9.18 Å². The maximum atomic E-state index is 13.1. The number of piperazine rings is 1. The van der Waals surface area contributed by atoms with Gasteiger partial charge < -0.3 is 10.6 Å². The van der Waals surface area contributed by atoms with Gasteiger partial charge in [0.25, 0.3) is 0 Å². The Morgan fingerprint density at radius 2 is 2.37 bits per heavy atom. The Bertz CT molecular complexity index is 464. The first-order chi connectivity index (χ1) is 9.06. The molecule has 1 saturated heterocycles. The molecule has 1 aliphatic heterocycles. The SMILES string of the molecule is Cc1ccc(F)cc1NC(=O)CN1CCNC[C@H]1C. The first-order valence-electron chi connectivity index (χ1n) is 6.57. The Kier molecular flexibility index (Phi) is 4.50. The number of carbonyl (C=O) groups is 1. The minimum Gasteiger partial charge on any atom is -0.325 e. The summed E-state index contributed by atoms with van der Waals surface area (Å²) in [7, 11) is 0. The second-order valence-corrected chi connectivity index (χ2v) is 5.03. The summed E-state index contributed by atoms with van der Waals surface area (Å²) >= 11 is 0. The van der Waals surface area contributed by atoms with Gasteiger partial charge in [0.2, 0.25) is 5.91 Å². The fraction of sp³-hybridized carbons (Fsp3) is 0.500. The molecule has 1 amide bonds. The van der Waals surface area contributed by atoms with Crippen molar-refractivity contribution in [2.24, 2.45) is 0 Å². The van der Waals surface area contributed by atoms with Crippen LogP contribution < -0.4 is 10.6 Å². The lowest BCUT2D eigenvalue weighted by Gasteiger charge is -2.33. The molecule has 2 N–H and O–H groups in total. The number of rotatable bonds is 3. The summed E-state index contributed by atoms with van der Waals surface area (Å²) in [5.74, 6) is -0.432. The maximum Gasteiger partial charge on any atom is 0.238 e. The second-order valence-electron chi connectivity index (χ2n) is 5.03. The first-order valence-corrected chi connectivity index (χ1v) is 6.57. The van der Waals surface area contributed by atoms with E-state index in [0.29, 0.717) is 18.3 Å². The van der Waals surface area contributed by atoms with Gasteiger partial charge in [-0.15, -0.1) is 0 Å². The van der Waals surface area contributed by atoms with Crippen molar-refractivity contribution in [3.05, 3.63) is 29.6 Å². The van der Waals surface area contributed by atoms with Crippen molar-refractivity contribution in [3.63, 3.8) is 0 Å². The van der Waals surface area contributed by atoms with Gasteiger partial charge in [0, 0.05) is 31.4 Å². The zero-order valence-corrected chi connectivity index (χ0v) is 11.4. The molecule has 1 aromatic rings. The number of benzene rings is 1. The highest BCUT2D eigenvalue weighted by molar-refractivity contribution is 5.93. The van der Waals surface area contributed by atoms with Crippen molar-refractivity contribution >= 4 is 11.6 Å². The Hall–Kier alpha value is -1.46. The number of anilines is 1. The predicted molar refractivity (Wildman–Crippen MR) is 73.7 cm³/mol. The number of hydrogen-bond donors (Lipinski definition) is 2. The van der Waals surface area contributed by atoms with E-state index < -0.39 is 0 Å². The van der Waals surface area contributed by atoms with Crippen molar-refractivity contribution in [3.8, 4) is 0 Å². The van der Waals surface area contributed by atoms with Crippen LogP contribution in [0.1, 0.15) is 12.5 Å². The summed E-state index contributed by atoms with van der Waals surface area (Å²) in [5.41, 5.74) is 1.41. The molecule has 1 atom stereocenters. The number of nitrogens with one attached hydrogen (secondary N) is 2. The van der Waals surface area contributed by atoms with Gasteiger partial charge in [-0.1, -0.05) is 6.07 Å². The van der Waals surface area contributed by atoms with Gasteiger partial charge in [0.1, 0.15) is 5.82 Å². The molecule has 0 radical (unpaired) electrons. The second kappa shape index (κ2) is 6.12. The highest BCUT2D eigenvalue weighted by Gasteiger charge is 2.20. The summed E-state index contributed by atoms with van der Waals surface area (Å²) in [6.07, 6.45) is 0. The van der Waals surface area contributed by atoms with Gasteiger partial charge in [-0.3, -0.25) is 9.69 Å². The molecule has 19 heavy (non-hydrogen) atoms. The minimum absolute atomic E-state index is 0.0950. The van der Waals surface area contributed by atoms with Crippen LogP contribution in [0.5, 0.6) is 0 Å². The highest BCUT2D eigenvalue weighted by Crippen LogP contribution is 2.16. The molecule has 2 rings (SSSR count). The largest absolute Gasteiger partial charge is 0.325 e. The summed E-state index contributed by atoms with van der Waals surface area (Å²) in [6, 6.07) is 4.75. The molecule has 0 aliphatic carbocycles. The zero-order valence-electron chi connectivity index (χ0n) is 11.4. The number of hydrogen-bond acceptors (Lipinski definition) is 3. The molecule has 0 spiro atoms. The van der Waals surface area contributed by atoms with Gasteiger partial charge in [-0.05, 0) is 31.5 Å². The normalized spacial score (nSPS) is 20.3. The van der Waals surface area contributed by atoms with Gasteiger partial charge in [0.05, 0.1) is 6.54 Å².